The first kappa shape index (κ1) is 22.9. The molecular weight excluding hydrogens is 434 g/mol. The number of hydrogen-bond donors (Lipinski definition) is 2. The van der Waals surface area contributed by atoms with Gasteiger partial charge in [-0.3, -0.25) is 9.78 Å². The molecule has 2 aromatic heterocycles. The monoisotopic (exact) mass is 457 g/mol. The summed E-state index contributed by atoms with van der Waals surface area (Å²) in [5, 5.41) is 13.2. The summed E-state index contributed by atoms with van der Waals surface area (Å²) in [5.74, 6) is -0.879. The van der Waals surface area contributed by atoms with Crippen molar-refractivity contribution in [3.05, 3.63) is 94.3 Å². The summed E-state index contributed by atoms with van der Waals surface area (Å²) in [5.41, 5.74) is 4.35. The highest BCUT2D eigenvalue weighted by molar-refractivity contribution is 6.05. The van der Waals surface area contributed by atoms with Crippen LogP contribution in [0.15, 0.2) is 70.2 Å². The number of nitrogens with zero attached hydrogens (tertiary/aromatic N) is 2. The molecule has 0 saturated carbocycles. The van der Waals surface area contributed by atoms with Gasteiger partial charge >= 0.3 is 5.97 Å². The van der Waals surface area contributed by atoms with E-state index in [4.69, 9.17) is 9.15 Å². The molecule has 8 nitrogen and oxygen atoms in total. The van der Waals surface area contributed by atoms with Gasteiger partial charge in [0.2, 0.25) is 5.55 Å². The van der Waals surface area contributed by atoms with E-state index in [-0.39, 0.29) is 17.7 Å². The zero-order valence-electron chi connectivity index (χ0n) is 19.0. The molecule has 2 N–H and O–H groups in total. The van der Waals surface area contributed by atoms with Crippen LogP contribution >= 0.6 is 0 Å². The van der Waals surface area contributed by atoms with Gasteiger partial charge < -0.3 is 19.6 Å². The average Bonchev–Trinajstić information content (AvgIpc) is 2.85. The number of esters is 1. The number of aromatic nitrogens is 1. The Labute approximate surface area is 195 Å². The van der Waals surface area contributed by atoms with Crippen LogP contribution in [0, 0.1) is 13.8 Å². The summed E-state index contributed by atoms with van der Waals surface area (Å²) in [7, 11) is 1.31. The fraction of sp³-hybridized carbons (Fsp3) is 0.154. The lowest BCUT2D eigenvalue weighted by atomic mass is 10.1. The number of aliphatic hydroxyl groups is 1. The number of methoxy groups -OCH3 is 1. The molecular formula is C26H23N3O5. The number of nitrogens with one attached hydrogen (secondary N) is 1. The molecule has 4 aromatic rings. The summed E-state index contributed by atoms with van der Waals surface area (Å²) >= 11 is 0. The quantitative estimate of drug-likeness (QED) is 0.434. The van der Waals surface area contributed by atoms with Crippen LogP contribution in [0.25, 0.3) is 11.0 Å². The van der Waals surface area contributed by atoms with Gasteiger partial charge in [0.25, 0.3) is 5.91 Å². The van der Waals surface area contributed by atoms with Crippen LogP contribution < -0.4 is 10.9 Å². The molecule has 0 radical (unpaired) electrons. The summed E-state index contributed by atoms with van der Waals surface area (Å²) in [6.45, 7) is 3.47. The van der Waals surface area contributed by atoms with Crippen LogP contribution in [0.2, 0.25) is 0 Å². The minimum atomic E-state index is -0.460. The van der Waals surface area contributed by atoms with Crippen molar-refractivity contribution in [3.63, 3.8) is 0 Å². The maximum Gasteiger partial charge on any atom is 0.337 e. The number of aryl methyl sites for hydroxylation is 2. The van der Waals surface area contributed by atoms with Gasteiger partial charge in [0.1, 0.15) is 5.56 Å². The number of benzene rings is 2. The number of ether oxygens (including phenoxy) is 1. The number of rotatable bonds is 5. The Bertz CT molecular complexity index is 1440. The molecule has 1 amide bonds. The molecule has 2 aromatic carbocycles. The Morgan fingerprint density at radius 2 is 1.79 bits per heavy atom. The van der Waals surface area contributed by atoms with Crippen LogP contribution in [0.5, 0.6) is 0 Å². The second-order valence-corrected chi connectivity index (χ2v) is 7.71. The Morgan fingerprint density at radius 3 is 2.44 bits per heavy atom. The van der Waals surface area contributed by atoms with Gasteiger partial charge in [-0.25, -0.2) is 9.79 Å². The first-order valence-electron chi connectivity index (χ1n) is 10.5. The van der Waals surface area contributed by atoms with E-state index in [0.717, 1.165) is 5.56 Å². The maximum atomic E-state index is 13.3. The molecule has 0 aliphatic heterocycles. The standard InChI is InChI=1S/C26H23N3O5/c1-15-4-8-19(9-5-15)28-24(31)22-12-21-18(14-30)13-27-16(2)23(21)34-25(22)29-20-10-6-17(7-11-20)26(32)33-3/h4-13,30H,14H2,1-3H3,(H,28,31). The van der Waals surface area contributed by atoms with E-state index in [0.29, 0.717) is 39.2 Å². The van der Waals surface area contributed by atoms with Crippen molar-refractivity contribution in [2.75, 3.05) is 12.4 Å². The van der Waals surface area contributed by atoms with Crippen molar-refractivity contribution < 1.29 is 23.8 Å². The Kier molecular flexibility index (Phi) is 6.51. The van der Waals surface area contributed by atoms with E-state index < -0.39 is 11.9 Å². The summed E-state index contributed by atoms with van der Waals surface area (Å²) in [4.78, 5) is 33.8. The number of pyridine rings is 1. The van der Waals surface area contributed by atoms with Crippen molar-refractivity contribution in [2.45, 2.75) is 20.5 Å². The van der Waals surface area contributed by atoms with Crippen molar-refractivity contribution in [1.82, 2.24) is 4.98 Å². The average molecular weight is 457 g/mol. The molecule has 0 aliphatic rings. The molecule has 2 heterocycles. The van der Waals surface area contributed by atoms with E-state index in [9.17, 15) is 14.7 Å². The third-order valence-corrected chi connectivity index (χ3v) is 5.29. The van der Waals surface area contributed by atoms with E-state index in [1.807, 2.05) is 19.1 Å². The first-order valence-corrected chi connectivity index (χ1v) is 10.5. The van der Waals surface area contributed by atoms with Gasteiger partial charge in [0.15, 0.2) is 5.58 Å². The SMILES string of the molecule is COC(=O)c1ccc(N=c2oc3c(C)ncc(CO)c3cc2C(=O)Nc2ccc(C)cc2)cc1. The zero-order chi connectivity index (χ0) is 24.2. The molecule has 0 fully saturated rings. The lowest BCUT2D eigenvalue weighted by Crippen LogP contribution is -2.22. The van der Waals surface area contributed by atoms with Crippen LogP contribution in [-0.4, -0.2) is 29.1 Å². The predicted molar refractivity (Wildman–Crippen MR) is 127 cm³/mol. The second kappa shape index (κ2) is 9.68. The van der Waals surface area contributed by atoms with Crippen molar-refractivity contribution in [1.29, 1.82) is 0 Å². The van der Waals surface area contributed by atoms with Gasteiger partial charge in [0.05, 0.1) is 30.7 Å². The minimum absolute atomic E-state index is 0.0721. The minimum Gasteiger partial charge on any atom is -0.465 e. The second-order valence-electron chi connectivity index (χ2n) is 7.71. The van der Waals surface area contributed by atoms with Crippen LogP contribution in [0.4, 0.5) is 11.4 Å². The van der Waals surface area contributed by atoms with Crippen molar-refractivity contribution in [2.24, 2.45) is 4.99 Å². The molecule has 34 heavy (non-hydrogen) atoms. The highest BCUT2D eigenvalue weighted by atomic mass is 16.5. The Hall–Kier alpha value is -4.30. The van der Waals surface area contributed by atoms with Crippen LogP contribution in [-0.2, 0) is 11.3 Å². The van der Waals surface area contributed by atoms with E-state index in [1.54, 1.807) is 55.6 Å². The third-order valence-electron chi connectivity index (χ3n) is 5.29. The largest absolute Gasteiger partial charge is 0.465 e. The van der Waals surface area contributed by atoms with Gasteiger partial charge in [-0.05, 0) is 56.3 Å². The van der Waals surface area contributed by atoms with Crippen molar-refractivity contribution in [3.8, 4) is 0 Å². The first-order chi connectivity index (χ1) is 16.4. The number of hydrogen-bond acceptors (Lipinski definition) is 7. The molecule has 0 unspecified atom stereocenters. The molecule has 4 rings (SSSR count). The van der Waals surface area contributed by atoms with Crippen molar-refractivity contribution >= 4 is 34.2 Å². The fourth-order valence-corrected chi connectivity index (χ4v) is 3.40. The Balaban J connectivity index is 1.87. The number of carbonyl (C=O) groups excluding carboxylic acids is 2. The normalized spacial score (nSPS) is 11.5. The fourth-order valence-electron chi connectivity index (χ4n) is 3.40. The molecule has 0 atom stereocenters. The van der Waals surface area contributed by atoms with Gasteiger partial charge in [-0.15, -0.1) is 0 Å². The van der Waals surface area contributed by atoms with Crippen LogP contribution in [0.1, 0.15) is 37.5 Å². The number of anilines is 1. The van der Waals surface area contributed by atoms with Gasteiger partial charge in [0, 0.05) is 22.8 Å². The molecule has 0 aliphatic carbocycles. The van der Waals surface area contributed by atoms with E-state index in [1.165, 1.54) is 7.11 Å². The summed E-state index contributed by atoms with van der Waals surface area (Å²) in [6.07, 6.45) is 1.55. The van der Waals surface area contributed by atoms with Gasteiger partial charge in [-0.1, -0.05) is 17.7 Å². The lowest BCUT2D eigenvalue weighted by Gasteiger charge is -2.10. The number of aliphatic hydroxyl groups excluding tert-OH is 1. The highest BCUT2D eigenvalue weighted by Crippen LogP contribution is 2.22. The summed E-state index contributed by atoms with van der Waals surface area (Å²) in [6, 6.07) is 15.5. The molecule has 0 spiro atoms. The molecule has 172 valence electrons. The smallest absolute Gasteiger partial charge is 0.337 e. The number of carbonyl (C=O) groups is 2. The highest BCUT2D eigenvalue weighted by Gasteiger charge is 2.17. The molecule has 0 bridgehead atoms. The number of fused-ring (bicyclic) bond motifs is 1. The van der Waals surface area contributed by atoms with Gasteiger partial charge in [-0.2, -0.15) is 0 Å². The predicted octanol–water partition coefficient (Wildman–Crippen LogP) is 4.21. The van der Waals surface area contributed by atoms with Crippen LogP contribution in [0.3, 0.4) is 0 Å². The summed E-state index contributed by atoms with van der Waals surface area (Å²) < 4.78 is 10.8. The van der Waals surface area contributed by atoms with E-state index >= 15 is 0 Å². The number of amides is 1. The topological polar surface area (TPSA) is 114 Å². The molecule has 8 heteroatoms. The zero-order valence-corrected chi connectivity index (χ0v) is 19.0. The Morgan fingerprint density at radius 1 is 1.09 bits per heavy atom. The third kappa shape index (κ3) is 4.72. The van der Waals surface area contributed by atoms with E-state index in [2.05, 4.69) is 15.3 Å². The maximum absolute atomic E-state index is 13.3. The lowest BCUT2D eigenvalue weighted by molar-refractivity contribution is 0.0600. The molecule has 0 saturated heterocycles.